The number of halogens is 3. The summed E-state index contributed by atoms with van der Waals surface area (Å²) in [5.41, 5.74) is 1.33. The molecule has 1 unspecified atom stereocenters. The van der Waals surface area contributed by atoms with Crippen LogP contribution in [0.4, 0.5) is 30.5 Å². The van der Waals surface area contributed by atoms with E-state index in [0.717, 1.165) is 79.8 Å². The summed E-state index contributed by atoms with van der Waals surface area (Å²) >= 11 is 0.743. The van der Waals surface area contributed by atoms with Gasteiger partial charge in [-0.1, -0.05) is 0 Å². The lowest BCUT2D eigenvalue weighted by atomic mass is 10.1. The first-order valence-electron chi connectivity index (χ1n) is 14.5. The first-order chi connectivity index (χ1) is 20.5. The highest BCUT2D eigenvalue weighted by Crippen LogP contribution is 2.46. The zero-order valence-corrected chi connectivity index (χ0v) is 25.1. The summed E-state index contributed by atoms with van der Waals surface area (Å²) in [7, 11) is -3.87. The maximum atomic E-state index is 14.2. The van der Waals surface area contributed by atoms with E-state index in [9.17, 15) is 26.4 Å². The Morgan fingerprint density at radius 2 is 1.91 bits per heavy atom. The van der Waals surface area contributed by atoms with Gasteiger partial charge in [-0.3, -0.25) is 4.79 Å². The number of carbonyl (C=O) groups excluding carboxylic acids is 1. The molecule has 4 aliphatic rings. The van der Waals surface area contributed by atoms with E-state index in [2.05, 4.69) is 38.5 Å². The van der Waals surface area contributed by atoms with Crippen LogP contribution < -0.4 is 15.5 Å². The molecule has 0 radical (unpaired) electrons. The molecule has 0 spiro atoms. The largest absolute Gasteiger partial charge is 0.420 e. The number of fused-ring (bicyclic) bond motifs is 1. The average molecular weight is 633 g/mol. The number of sulfone groups is 1. The van der Waals surface area contributed by atoms with Gasteiger partial charge < -0.3 is 20.4 Å². The molecule has 3 aromatic rings. The lowest BCUT2D eigenvalue weighted by molar-refractivity contribution is -0.137. The Balaban J connectivity index is 1.26. The van der Waals surface area contributed by atoms with Gasteiger partial charge in [-0.15, -0.1) is 11.3 Å². The first-order valence-corrected chi connectivity index (χ1v) is 17.0. The molecule has 2 aromatic heterocycles. The molecule has 43 heavy (non-hydrogen) atoms. The summed E-state index contributed by atoms with van der Waals surface area (Å²) in [5.74, 6) is -0.418. The number of carbonyl (C=O) groups is 1. The molecule has 2 saturated carbocycles. The molecule has 2 N–H and O–H groups in total. The number of thiophene rings is 1. The summed E-state index contributed by atoms with van der Waals surface area (Å²) in [6.45, 7) is 4.87. The Labute approximate surface area is 251 Å². The van der Waals surface area contributed by atoms with Gasteiger partial charge in [0.25, 0.3) is 5.91 Å². The molecular weight excluding hydrogens is 601 g/mol. The summed E-state index contributed by atoms with van der Waals surface area (Å²) in [6, 6.07) is 7.56. The van der Waals surface area contributed by atoms with Crippen molar-refractivity contribution in [3.63, 3.8) is 0 Å². The summed E-state index contributed by atoms with van der Waals surface area (Å²) in [6.07, 6.45) is -0.449. The molecule has 3 fully saturated rings. The van der Waals surface area contributed by atoms with Gasteiger partial charge >= 0.3 is 6.18 Å². The van der Waals surface area contributed by atoms with Crippen molar-refractivity contribution in [2.75, 3.05) is 42.1 Å². The topological polar surface area (TPSA) is 108 Å². The van der Waals surface area contributed by atoms with Gasteiger partial charge in [-0.2, -0.15) is 13.2 Å². The molecule has 0 bridgehead atoms. The summed E-state index contributed by atoms with van der Waals surface area (Å²) in [4.78, 5) is 25.1. The second-order valence-electron chi connectivity index (χ2n) is 11.8. The Morgan fingerprint density at radius 1 is 1.12 bits per heavy atom. The van der Waals surface area contributed by atoms with Gasteiger partial charge in [0.1, 0.15) is 10.4 Å². The van der Waals surface area contributed by atoms with Crippen molar-refractivity contribution in [3.05, 3.63) is 46.5 Å². The number of hydrogen-bond donors (Lipinski definition) is 2. The fourth-order valence-electron chi connectivity index (χ4n) is 5.88. The lowest BCUT2D eigenvalue weighted by Gasteiger charge is -2.34. The van der Waals surface area contributed by atoms with Crippen molar-refractivity contribution < 1.29 is 26.4 Å². The molecular formula is C29H31F3N6O3S2. The van der Waals surface area contributed by atoms with E-state index in [4.69, 9.17) is 0 Å². The first kappa shape index (κ1) is 28.5. The zero-order chi connectivity index (χ0) is 30.1. The van der Waals surface area contributed by atoms with Crippen LogP contribution in [0, 0.1) is 0 Å². The van der Waals surface area contributed by atoms with Crippen LogP contribution in [-0.4, -0.2) is 73.2 Å². The number of amides is 1. The van der Waals surface area contributed by atoms with Gasteiger partial charge in [-0.25, -0.2) is 18.4 Å². The number of rotatable bonds is 6. The van der Waals surface area contributed by atoms with Crippen molar-refractivity contribution >= 4 is 44.4 Å². The summed E-state index contributed by atoms with van der Waals surface area (Å²) < 4.78 is 68.7. The smallest absolute Gasteiger partial charge is 0.369 e. The number of benzene rings is 1. The van der Waals surface area contributed by atoms with Crippen molar-refractivity contribution in [3.8, 4) is 10.6 Å². The standard InChI is InChI=1S/C29H31F3N6O3S2/c1-16-15-37(9-8-33-16)19-6-7-22(20(12-19)17-2-3-17)35-28-34-14-21(29(30,31)32)25(36-28)23-13-24-26(42-23)27(39)38(18-4-5-18)10-11-43(24,40)41/h6-7,12-14,16-18,33H,2-5,8-11,15H2,1H3,(H,34,35,36). The van der Waals surface area contributed by atoms with Crippen LogP contribution in [0.25, 0.3) is 10.6 Å². The summed E-state index contributed by atoms with van der Waals surface area (Å²) in [5, 5.41) is 6.58. The van der Waals surface area contributed by atoms with Crippen LogP contribution in [0.2, 0.25) is 0 Å². The van der Waals surface area contributed by atoms with E-state index < -0.39 is 33.2 Å². The second-order valence-corrected chi connectivity index (χ2v) is 14.9. The number of piperazine rings is 1. The van der Waals surface area contributed by atoms with Gasteiger partial charge in [0.15, 0.2) is 9.84 Å². The van der Waals surface area contributed by atoms with Gasteiger partial charge in [-0.05, 0) is 68.4 Å². The molecule has 1 amide bonds. The third-order valence-electron chi connectivity index (χ3n) is 8.44. The molecule has 228 valence electrons. The van der Waals surface area contributed by atoms with Gasteiger partial charge in [0.05, 0.1) is 21.2 Å². The fourth-order valence-corrected chi connectivity index (χ4v) is 8.80. The number of nitrogens with one attached hydrogen (secondary N) is 2. The molecule has 14 heteroatoms. The molecule has 1 atom stereocenters. The maximum absolute atomic E-state index is 14.2. The predicted octanol–water partition coefficient (Wildman–Crippen LogP) is 5.03. The third-order valence-corrected chi connectivity index (χ3v) is 11.4. The van der Waals surface area contributed by atoms with Crippen molar-refractivity contribution in [1.82, 2.24) is 20.2 Å². The number of nitrogens with zero attached hydrogens (tertiary/aromatic N) is 4. The minimum atomic E-state index is -4.79. The van der Waals surface area contributed by atoms with Crippen molar-refractivity contribution in [2.45, 2.75) is 61.7 Å². The van der Waals surface area contributed by atoms with E-state index in [0.29, 0.717) is 12.0 Å². The van der Waals surface area contributed by atoms with Crippen molar-refractivity contribution in [1.29, 1.82) is 0 Å². The van der Waals surface area contributed by atoms with Crippen molar-refractivity contribution in [2.24, 2.45) is 0 Å². The molecule has 1 saturated heterocycles. The van der Waals surface area contributed by atoms with E-state index in [-0.39, 0.29) is 38.9 Å². The fraction of sp³-hybridized carbons (Fsp3) is 0.483. The Kier molecular flexibility index (Phi) is 6.93. The van der Waals surface area contributed by atoms with Crippen LogP contribution >= 0.6 is 11.3 Å². The molecule has 7 rings (SSSR count). The zero-order valence-electron chi connectivity index (χ0n) is 23.4. The van der Waals surface area contributed by atoms with Gasteiger partial charge in [0, 0.05) is 55.8 Å². The predicted molar refractivity (Wildman–Crippen MR) is 158 cm³/mol. The van der Waals surface area contributed by atoms with E-state index in [1.807, 2.05) is 12.1 Å². The third kappa shape index (κ3) is 5.60. The number of anilines is 3. The Bertz CT molecular complexity index is 1700. The molecule has 2 aliphatic carbocycles. The van der Waals surface area contributed by atoms with E-state index in [1.165, 1.54) is 11.0 Å². The molecule has 9 nitrogen and oxygen atoms in total. The number of hydrogen-bond acceptors (Lipinski definition) is 9. The highest BCUT2D eigenvalue weighted by molar-refractivity contribution is 7.91. The maximum Gasteiger partial charge on any atom is 0.420 e. The van der Waals surface area contributed by atoms with Crippen LogP contribution in [0.15, 0.2) is 35.4 Å². The van der Waals surface area contributed by atoms with Crippen LogP contribution in [0.3, 0.4) is 0 Å². The average Bonchev–Trinajstić information content (AvgIpc) is 3.90. The quantitative estimate of drug-likeness (QED) is 0.390. The van der Waals surface area contributed by atoms with Crippen LogP contribution in [0.5, 0.6) is 0 Å². The molecule has 2 aliphatic heterocycles. The SMILES string of the molecule is CC1CN(c2ccc(Nc3ncc(C(F)(F)F)c(-c4cc5c(s4)C(=O)N(C4CC4)CCS5(=O)=O)n3)c(C3CC3)c2)CCN1. The minimum Gasteiger partial charge on any atom is -0.369 e. The molecule has 4 heterocycles. The number of aromatic nitrogens is 2. The van der Waals surface area contributed by atoms with E-state index in [1.54, 1.807) is 0 Å². The van der Waals surface area contributed by atoms with Crippen LogP contribution in [-0.2, 0) is 16.0 Å². The highest BCUT2D eigenvalue weighted by Gasteiger charge is 2.42. The monoisotopic (exact) mass is 632 g/mol. The van der Waals surface area contributed by atoms with E-state index >= 15 is 0 Å². The molecule has 1 aromatic carbocycles. The number of alkyl halides is 3. The van der Waals surface area contributed by atoms with Crippen LogP contribution in [0.1, 0.15) is 59.3 Å². The highest BCUT2D eigenvalue weighted by atomic mass is 32.2. The Hall–Kier alpha value is -3.23. The van der Waals surface area contributed by atoms with Gasteiger partial charge in [0.2, 0.25) is 5.95 Å². The normalized spacial score (nSPS) is 22.3. The lowest BCUT2D eigenvalue weighted by Crippen LogP contribution is -2.49. The Morgan fingerprint density at radius 3 is 2.60 bits per heavy atom. The second kappa shape index (κ2) is 10.4. The minimum absolute atomic E-state index is 0.0261.